The van der Waals surface area contributed by atoms with Crippen LogP contribution in [0.5, 0.6) is 0 Å². The Balaban J connectivity index is 1.63. The second kappa shape index (κ2) is 7.55. The predicted molar refractivity (Wildman–Crippen MR) is 90.3 cm³/mol. The van der Waals surface area contributed by atoms with E-state index in [1.807, 2.05) is 12.1 Å². The van der Waals surface area contributed by atoms with Crippen LogP contribution in [-0.2, 0) is 20.7 Å². The molecular formula is C17H18N2O4S. The Hall–Kier alpha value is -2.25. The number of amides is 1. The van der Waals surface area contributed by atoms with Crippen molar-refractivity contribution in [2.45, 2.75) is 25.4 Å². The molecule has 0 aliphatic carbocycles. The van der Waals surface area contributed by atoms with Crippen LogP contribution in [0.15, 0.2) is 30.5 Å². The quantitative estimate of drug-likeness (QED) is 0.842. The van der Waals surface area contributed by atoms with E-state index >= 15 is 0 Å². The standard InChI is InChI=1S/C17H18N2O4S/c1-22-16(21)12-5-2-4-11(8-12)9-13-10-18-17(24-13)19-15(20)14-6-3-7-23-14/h2,4-5,8,10,14H,3,6-7,9H2,1H3,(H,18,19,20)/t14-/m0/s1. The fraction of sp³-hybridized carbons (Fsp3) is 0.353. The van der Waals surface area contributed by atoms with Gasteiger partial charge in [-0.3, -0.25) is 10.1 Å². The molecule has 1 fully saturated rings. The number of nitrogens with one attached hydrogen (secondary N) is 1. The van der Waals surface area contributed by atoms with Gasteiger partial charge >= 0.3 is 5.97 Å². The molecule has 7 heteroatoms. The Morgan fingerprint density at radius 2 is 2.33 bits per heavy atom. The second-order valence-corrected chi connectivity index (χ2v) is 6.61. The minimum absolute atomic E-state index is 0.138. The summed E-state index contributed by atoms with van der Waals surface area (Å²) in [5.41, 5.74) is 1.50. The highest BCUT2D eigenvalue weighted by atomic mass is 32.1. The van der Waals surface area contributed by atoms with Gasteiger partial charge in [-0.15, -0.1) is 11.3 Å². The van der Waals surface area contributed by atoms with Crippen LogP contribution in [0.4, 0.5) is 5.13 Å². The lowest BCUT2D eigenvalue weighted by atomic mass is 10.1. The van der Waals surface area contributed by atoms with Gasteiger partial charge in [-0.25, -0.2) is 9.78 Å². The fourth-order valence-corrected chi connectivity index (χ4v) is 3.39. The number of benzene rings is 1. The van der Waals surface area contributed by atoms with E-state index in [-0.39, 0.29) is 18.0 Å². The smallest absolute Gasteiger partial charge is 0.337 e. The minimum atomic E-state index is -0.367. The van der Waals surface area contributed by atoms with Crippen LogP contribution in [0.25, 0.3) is 0 Å². The highest BCUT2D eigenvalue weighted by Crippen LogP contribution is 2.23. The van der Waals surface area contributed by atoms with Crippen molar-refractivity contribution in [2.24, 2.45) is 0 Å². The summed E-state index contributed by atoms with van der Waals surface area (Å²) in [4.78, 5) is 28.8. The number of esters is 1. The van der Waals surface area contributed by atoms with Crippen molar-refractivity contribution < 1.29 is 19.1 Å². The van der Waals surface area contributed by atoms with Crippen molar-refractivity contribution >= 4 is 28.3 Å². The highest BCUT2D eigenvalue weighted by molar-refractivity contribution is 7.15. The molecule has 1 atom stereocenters. The number of thiazole rings is 1. The van der Waals surface area contributed by atoms with Gasteiger partial charge in [0, 0.05) is 24.1 Å². The lowest BCUT2D eigenvalue weighted by Crippen LogP contribution is -2.26. The summed E-state index contributed by atoms with van der Waals surface area (Å²) in [6.45, 7) is 0.637. The van der Waals surface area contributed by atoms with Gasteiger partial charge in [-0.05, 0) is 30.5 Å². The molecule has 3 rings (SSSR count). The van der Waals surface area contributed by atoms with Crippen LogP contribution >= 0.6 is 11.3 Å². The molecule has 0 unspecified atom stereocenters. The average molecular weight is 346 g/mol. The molecule has 0 radical (unpaired) electrons. The first-order valence-corrected chi connectivity index (χ1v) is 8.52. The number of methoxy groups -OCH3 is 1. The molecule has 1 aromatic heterocycles. The molecule has 6 nitrogen and oxygen atoms in total. The number of ether oxygens (including phenoxy) is 2. The molecular weight excluding hydrogens is 328 g/mol. The summed E-state index contributed by atoms with van der Waals surface area (Å²) < 4.78 is 10.1. The molecule has 1 N–H and O–H groups in total. The van der Waals surface area contributed by atoms with E-state index in [0.717, 1.165) is 23.3 Å². The molecule has 0 bridgehead atoms. The number of nitrogens with zero attached hydrogens (tertiary/aromatic N) is 1. The van der Waals surface area contributed by atoms with Gasteiger partial charge < -0.3 is 9.47 Å². The van der Waals surface area contributed by atoms with Gasteiger partial charge in [0.1, 0.15) is 6.10 Å². The van der Waals surface area contributed by atoms with E-state index < -0.39 is 0 Å². The normalized spacial score (nSPS) is 16.8. The summed E-state index contributed by atoms with van der Waals surface area (Å²) in [6, 6.07) is 7.28. The van der Waals surface area contributed by atoms with Crippen molar-refractivity contribution in [3.05, 3.63) is 46.5 Å². The summed E-state index contributed by atoms with van der Waals surface area (Å²) >= 11 is 1.42. The minimum Gasteiger partial charge on any atom is -0.465 e. The molecule has 126 valence electrons. The van der Waals surface area contributed by atoms with E-state index in [1.165, 1.54) is 18.4 Å². The first-order chi connectivity index (χ1) is 11.7. The topological polar surface area (TPSA) is 77.5 Å². The molecule has 1 aliphatic rings. The molecule has 0 spiro atoms. The number of carbonyl (C=O) groups is 2. The maximum Gasteiger partial charge on any atom is 0.337 e. The third kappa shape index (κ3) is 3.98. The van der Waals surface area contributed by atoms with Gasteiger partial charge in [0.2, 0.25) is 0 Å². The SMILES string of the molecule is COC(=O)c1cccc(Cc2cnc(NC(=O)[C@@H]3CCCO3)s2)c1. The number of aromatic nitrogens is 1. The van der Waals surface area contributed by atoms with Crippen LogP contribution in [0.2, 0.25) is 0 Å². The van der Waals surface area contributed by atoms with Gasteiger partial charge in [-0.2, -0.15) is 0 Å². The van der Waals surface area contributed by atoms with Gasteiger partial charge in [0.05, 0.1) is 12.7 Å². The largest absolute Gasteiger partial charge is 0.465 e. The average Bonchev–Trinajstić information content (AvgIpc) is 3.26. The molecule has 0 saturated carbocycles. The maximum absolute atomic E-state index is 12.0. The Morgan fingerprint density at radius 1 is 1.46 bits per heavy atom. The first kappa shape index (κ1) is 16.6. The monoisotopic (exact) mass is 346 g/mol. The zero-order valence-electron chi connectivity index (χ0n) is 13.3. The number of hydrogen-bond acceptors (Lipinski definition) is 6. The lowest BCUT2D eigenvalue weighted by Gasteiger charge is -2.07. The zero-order valence-corrected chi connectivity index (χ0v) is 14.1. The first-order valence-electron chi connectivity index (χ1n) is 7.70. The van der Waals surface area contributed by atoms with Crippen molar-refractivity contribution in [2.75, 3.05) is 19.0 Å². The Bertz CT molecular complexity index is 738. The number of hydrogen-bond donors (Lipinski definition) is 1. The van der Waals surface area contributed by atoms with E-state index in [1.54, 1.807) is 18.3 Å². The van der Waals surface area contributed by atoms with Crippen LogP contribution < -0.4 is 5.32 Å². The third-order valence-electron chi connectivity index (χ3n) is 3.73. The van der Waals surface area contributed by atoms with Gasteiger partial charge in [-0.1, -0.05) is 12.1 Å². The van der Waals surface area contributed by atoms with Crippen LogP contribution in [0, 0.1) is 0 Å². The number of carbonyl (C=O) groups excluding carboxylic acids is 2. The van der Waals surface area contributed by atoms with Crippen molar-refractivity contribution in [1.29, 1.82) is 0 Å². The molecule has 1 aliphatic heterocycles. The Labute approximate surface area is 143 Å². The maximum atomic E-state index is 12.0. The van der Waals surface area contributed by atoms with Crippen LogP contribution in [0.3, 0.4) is 0 Å². The van der Waals surface area contributed by atoms with Gasteiger partial charge in [0.25, 0.3) is 5.91 Å². The predicted octanol–water partition coefficient (Wildman–Crippen LogP) is 2.64. The number of anilines is 1. The van der Waals surface area contributed by atoms with E-state index in [2.05, 4.69) is 10.3 Å². The zero-order chi connectivity index (χ0) is 16.9. The van der Waals surface area contributed by atoms with Crippen molar-refractivity contribution in [1.82, 2.24) is 4.98 Å². The summed E-state index contributed by atoms with van der Waals surface area (Å²) in [5.74, 6) is -0.494. The number of rotatable bonds is 5. The molecule has 2 aromatic rings. The summed E-state index contributed by atoms with van der Waals surface area (Å²) in [6.07, 6.45) is 3.68. The third-order valence-corrected chi connectivity index (χ3v) is 4.65. The fourth-order valence-electron chi connectivity index (χ4n) is 2.54. The van der Waals surface area contributed by atoms with Crippen LogP contribution in [0.1, 0.15) is 33.6 Å². The lowest BCUT2D eigenvalue weighted by molar-refractivity contribution is -0.124. The van der Waals surface area contributed by atoms with E-state index in [4.69, 9.17) is 9.47 Å². The molecule has 1 saturated heterocycles. The van der Waals surface area contributed by atoms with Crippen molar-refractivity contribution in [3.63, 3.8) is 0 Å². The second-order valence-electron chi connectivity index (χ2n) is 5.49. The van der Waals surface area contributed by atoms with Crippen molar-refractivity contribution in [3.8, 4) is 0 Å². The summed E-state index contributed by atoms with van der Waals surface area (Å²) in [5, 5.41) is 3.36. The summed E-state index contributed by atoms with van der Waals surface area (Å²) in [7, 11) is 1.36. The van der Waals surface area contributed by atoms with Gasteiger partial charge in [0.15, 0.2) is 5.13 Å². The molecule has 2 heterocycles. The van der Waals surface area contributed by atoms with E-state index in [9.17, 15) is 9.59 Å². The Morgan fingerprint density at radius 3 is 3.08 bits per heavy atom. The van der Waals surface area contributed by atoms with E-state index in [0.29, 0.717) is 23.7 Å². The Kier molecular flexibility index (Phi) is 5.22. The molecule has 1 amide bonds. The highest BCUT2D eigenvalue weighted by Gasteiger charge is 2.24. The molecule has 1 aromatic carbocycles. The van der Waals surface area contributed by atoms with Crippen LogP contribution in [-0.4, -0.2) is 36.7 Å². The molecule has 24 heavy (non-hydrogen) atoms.